The van der Waals surface area contributed by atoms with E-state index in [1.165, 1.54) is 49.9 Å². The monoisotopic (exact) mass is 874 g/mol. The van der Waals surface area contributed by atoms with Crippen LogP contribution in [0.3, 0.4) is 0 Å². The largest absolute Gasteiger partial charge is 0.492 e. The molecule has 8 N–H and O–H groups in total. The van der Waals surface area contributed by atoms with Crippen molar-refractivity contribution in [3.8, 4) is 40.1 Å². The zero-order valence-corrected chi connectivity index (χ0v) is 36.9. The smallest absolute Gasteiger partial charge is 0.255 e. The van der Waals surface area contributed by atoms with Gasteiger partial charge in [-0.1, -0.05) is 62.6 Å². The zero-order chi connectivity index (χ0) is 46.2. The second-order valence-corrected chi connectivity index (χ2v) is 15.5. The summed E-state index contributed by atoms with van der Waals surface area (Å²) >= 11 is 0. The van der Waals surface area contributed by atoms with Crippen LogP contribution in [0.25, 0.3) is 22.5 Å². The molecular formula is C47H58N10O7. The molecule has 17 nitrogen and oxygen atoms in total. The summed E-state index contributed by atoms with van der Waals surface area (Å²) in [5.74, 6) is -1.99. The van der Waals surface area contributed by atoms with Gasteiger partial charge in [0.15, 0.2) is 5.82 Å². The summed E-state index contributed by atoms with van der Waals surface area (Å²) in [6, 6.07) is 16.4. The van der Waals surface area contributed by atoms with Crippen LogP contribution >= 0.6 is 0 Å². The van der Waals surface area contributed by atoms with Gasteiger partial charge < -0.3 is 47.1 Å². The second-order valence-electron chi connectivity index (χ2n) is 15.5. The molecule has 1 unspecified atom stereocenters. The number of ether oxygens (including phenoxy) is 2. The summed E-state index contributed by atoms with van der Waals surface area (Å²) in [5.41, 5.74) is 16.2. The molecule has 1 aromatic heterocycles. The molecule has 1 aliphatic rings. The Labute approximate surface area is 373 Å². The van der Waals surface area contributed by atoms with E-state index in [4.69, 9.17) is 26.2 Å². The lowest BCUT2D eigenvalue weighted by atomic mass is 9.93. The van der Waals surface area contributed by atoms with Crippen LogP contribution in [0.5, 0.6) is 11.5 Å². The number of unbranched alkanes of at least 4 members (excludes halogenated alkanes) is 3. The number of aryl methyl sites for hydroxylation is 2. The molecule has 2 heterocycles. The first kappa shape index (κ1) is 48.1. The summed E-state index contributed by atoms with van der Waals surface area (Å²) in [5, 5.41) is 19.7. The summed E-state index contributed by atoms with van der Waals surface area (Å²) < 4.78 is 12.1. The maximum Gasteiger partial charge on any atom is 0.255 e. The molecule has 4 bridgehead atoms. The van der Waals surface area contributed by atoms with E-state index >= 15 is 0 Å². The molecule has 0 aliphatic carbocycles. The number of rotatable bonds is 18. The molecule has 0 radical (unpaired) electrons. The lowest BCUT2D eigenvalue weighted by Gasteiger charge is -2.30. The number of hydrogen-bond donors (Lipinski definition) is 6. The van der Waals surface area contributed by atoms with Gasteiger partial charge >= 0.3 is 0 Å². The molecule has 17 heteroatoms. The number of nitrogens with one attached hydrogen (secondary N) is 4. The van der Waals surface area contributed by atoms with Gasteiger partial charge in [0.05, 0.1) is 23.9 Å². The highest BCUT2D eigenvalue weighted by atomic mass is 16.5. The normalized spacial score (nSPS) is 16.0. The minimum absolute atomic E-state index is 0.0149. The summed E-state index contributed by atoms with van der Waals surface area (Å²) in [6.45, 7) is 5.25. The van der Waals surface area contributed by atoms with Crippen molar-refractivity contribution in [3.05, 3.63) is 94.8 Å². The van der Waals surface area contributed by atoms with Crippen molar-refractivity contribution in [2.24, 2.45) is 11.5 Å². The van der Waals surface area contributed by atoms with Gasteiger partial charge in [-0.3, -0.25) is 24.0 Å². The number of benzene rings is 3. The predicted octanol–water partition coefficient (Wildman–Crippen LogP) is 3.03. The third-order valence-corrected chi connectivity index (χ3v) is 10.8. The van der Waals surface area contributed by atoms with Crippen molar-refractivity contribution < 1.29 is 33.4 Å². The molecule has 0 spiro atoms. The lowest BCUT2D eigenvalue weighted by molar-refractivity contribution is -0.139. The van der Waals surface area contributed by atoms with E-state index in [0.29, 0.717) is 45.3 Å². The van der Waals surface area contributed by atoms with Crippen LogP contribution in [0.4, 0.5) is 0 Å². The van der Waals surface area contributed by atoms with Crippen LogP contribution < -0.4 is 42.2 Å². The van der Waals surface area contributed by atoms with E-state index < -0.39 is 54.2 Å². The number of carbonyl (C=O) groups is 5. The highest BCUT2D eigenvalue weighted by molar-refractivity contribution is 5.99. The number of amides is 5. The van der Waals surface area contributed by atoms with Gasteiger partial charge in [-0.05, 0) is 67.6 Å². The van der Waals surface area contributed by atoms with Crippen LogP contribution in [0.15, 0.2) is 66.9 Å². The zero-order valence-electron chi connectivity index (χ0n) is 36.9. The van der Waals surface area contributed by atoms with E-state index in [9.17, 15) is 24.0 Å². The Balaban J connectivity index is 1.44. The number of nitrogens with two attached hydrogens (primary N) is 2. The topological polar surface area (TPSA) is 257 Å². The Kier molecular flexibility index (Phi) is 17.7. The Hall–Kier alpha value is -6.90. The minimum Gasteiger partial charge on any atom is -0.492 e. The molecule has 64 heavy (non-hydrogen) atoms. The van der Waals surface area contributed by atoms with Crippen LogP contribution in [-0.2, 0) is 32.0 Å². The van der Waals surface area contributed by atoms with Crippen molar-refractivity contribution in [1.29, 1.82) is 5.26 Å². The van der Waals surface area contributed by atoms with Crippen molar-refractivity contribution in [3.63, 3.8) is 0 Å². The number of nitriles is 1. The minimum atomic E-state index is -1.34. The standard InChI is InChI=1S/C47H58N10O7/c1-5-6-7-8-9-31-10-13-33(14-11-31)43-52-27-37(29(2)54-43)45(60)53-28-41(58)57(4)42-34-15-17-40(64-23-20-50)36(26-34)35-24-32(12-16-39(35)63-22-19-49)25-38(46(61)51-21-18-48)56-44(59)30(3)55-47(42)62/h10-17,24,26-27,30,38,42H,5-9,19-23,25,28,49-50H2,1-4H3,(H,51,61)(H,53,60)(H,55,62)(H,56,59)/t30-,38-,42?/m0/s1. The molecule has 0 fully saturated rings. The molecule has 0 saturated carbocycles. The Morgan fingerprint density at radius 1 is 0.906 bits per heavy atom. The van der Waals surface area contributed by atoms with Gasteiger partial charge in [0, 0.05) is 49.4 Å². The molecule has 338 valence electrons. The van der Waals surface area contributed by atoms with Crippen molar-refractivity contribution >= 4 is 29.5 Å². The maximum atomic E-state index is 14.3. The van der Waals surface area contributed by atoms with Gasteiger partial charge in [-0.25, -0.2) is 9.97 Å². The first-order valence-corrected chi connectivity index (χ1v) is 21.5. The molecule has 3 aromatic carbocycles. The molecular weight excluding hydrogens is 817 g/mol. The van der Waals surface area contributed by atoms with E-state index in [2.05, 4.69) is 50.3 Å². The summed E-state index contributed by atoms with van der Waals surface area (Å²) in [7, 11) is 1.41. The van der Waals surface area contributed by atoms with Crippen molar-refractivity contribution in [2.45, 2.75) is 77.4 Å². The lowest BCUT2D eigenvalue weighted by Crippen LogP contribution is -2.55. The number of fused-ring (bicyclic) bond motifs is 5. The summed E-state index contributed by atoms with van der Waals surface area (Å²) in [4.78, 5) is 78.9. The molecule has 0 saturated heterocycles. The van der Waals surface area contributed by atoms with E-state index in [1.54, 1.807) is 43.3 Å². The first-order valence-electron chi connectivity index (χ1n) is 21.5. The summed E-state index contributed by atoms with van der Waals surface area (Å²) in [6.07, 6.45) is 7.17. The van der Waals surface area contributed by atoms with Crippen LogP contribution in [0.2, 0.25) is 0 Å². The fraction of sp³-hybridized carbons (Fsp3) is 0.404. The highest BCUT2D eigenvalue weighted by Crippen LogP contribution is 2.40. The third-order valence-electron chi connectivity index (χ3n) is 10.8. The molecule has 5 rings (SSSR count). The Bertz CT molecular complexity index is 2330. The molecule has 5 amide bonds. The fourth-order valence-corrected chi connectivity index (χ4v) is 7.26. The number of carbonyl (C=O) groups excluding carboxylic acids is 5. The van der Waals surface area contributed by atoms with Crippen molar-refractivity contribution in [1.82, 2.24) is 36.1 Å². The Morgan fingerprint density at radius 2 is 1.59 bits per heavy atom. The number of likely N-dealkylation sites (N-methyl/N-ethyl adjacent to an activating group) is 1. The Morgan fingerprint density at radius 3 is 2.25 bits per heavy atom. The highest BCUT2D eigenvalue weighted by Gasteiger charge is 2.33. The second kappa shape index (κ2) is 23.5. The third kappa shape index (κ3) is 12.6. The average Bonchev–Trinajstić information content (AvgIpc) is 3.29. The van der Waals surface area contributed by atoms with Gasteiger partial charge in [-0.2, -0.15) is 5.26 Å². The van der Waals surface area contributed by atoms with Crippen LogP contribution in [0.1, 0.15) is 78.3 Å². The van der Waals surface area contributed by atoms with Gasteiger partial charge in [0.25, 0.3) is 5.91 Å². The molecule has 3 atom stereocenters. The average molecular weight is 875 g/mol. The van der Waals surface area contributed by atoms with E-state index in [1.807, 2.05) is 18.2 Å². The van der Waals surface area contributed by atoms with E-state index in [-0.39, 0.29) is 44.8 Å². The van der Waals surface area contributed by atoms with Gasteiger partial charge in [0.1, 0.15) is 49.4 Å². The van der Waals surface area contributed by atoms with E-state index in [0.717, 1.165) is 18.4 Å². The number of nitrogens with zero attached hydrogens (tertiary/aromatic N) is 4. The van der Waals surface area contributed by atoms with Crippen molar-refractivity contribution in [2.75, 3.05) is 46.4 Å². The molecule has 4 aromatic rings. The first-order chi connectivity index (χ1) is 30.9. The fourth-order valence-electron chi connectivity index (χ4n) is 7.26. The van der Waals surface area contributed by atoms with Gasteiger partial charge in [0.2, 0.25) is 23.6 Å². The SMILES string of the molecule is CCCCCCc1ccc(-c2ncc(C(=O)NCC(=O)N(C)C3C(=O)N[C@@H](C)C(=O)N[C@H](C(=O)NCC#N)Cc4ccc(OCCN)c(c4)-c4cc3ccc4OCCN)c(C)n2)cc1. The van der Waals surface area contributed by atoms with Crippen LogP contribution in [-0.4, -0.2) is 103 Å². The number of aromatic nitrogens is 2. The maximum absolute atomic E-state index is 14.3. The van der Waals surface area contributed by atoms with Gasteiger partial charge in [-0.15, -0.1) is 0 Å². The quantitative estimate of drug-likeness (QED) is 0.0623. The van der Waals surface area contributed by atoms with Crippen LogP contribution in [0, 0.1) is 18.3 Å². The molecule has 1 aliphatic heterocycles. The number of hydrogen-bond acceptors (Lipinski definition) is 12. The predicted molar refractivity (Wildman–Crippen MR) is 241 cm³/mol.